The summed E-state index contributed by atoms with van der Waals surface area (Å²) in [5.74, 6) is 0.729. The van der Waals surface area contributed by atoms with Gasteiger partial charge in [-0.25, -0.2) is 19.1 Å². The number of aliphatic hydroxyl groups is 2. The van der Waals surface area contributed by atoms with Gasteiger partial charge in [-0.05, 0) is 0 Å². The summed E-state index contributed by atoms with van der Waals surface area (Å²) < 4.78 is 65.6. The maximum Gasteiger partial charge on any atom is 0.472 e. The SMILES string of the molecule is C#CCOc1nc(N)nc2c1ncn2[C@@H]1O[C@@H]2COP(=O)(O)O[C@H]3[C@@H](O)[C@H](C4C=Nc5c4nc(N)[nH]c5=O)O[C@@H]3COP(=O)(O)O[C@H]2[C@H]1O. The number of H-pyrrole nitrogens is 1. The van der Waals surface area contributed by atoms with Crippen molar-refractivity contribution in [3.8, 4) is 18.2 Å². The number of hydrogen-bond donors (Lipinski definition) is 7. The number of imidazole rings is 1. The molecule has 25 heteroatoms. The van der Waals surface area contributed by atoms with Gasteiger partial charge in [0, 0.05) is 6.21 Å². The molecule has 0 spiro atoms. The fourth-order valence-corrected chi connectivity index (χ4v) is 7.80. The minimum Gasteiger partial charge on any atom is -0.463 e. The Morgan fingerprint density at radius 3 is 2.39 bits per heavy atom. The maximum absolute atomic E-state index is 13.2. The van der Waals surface area contributed by atoms with Crippen LogP contribution in [0.4, 0.5) is 17.6 Å². The third-order valence-corrected chi connectivity index (χ3v) is 9.91. The molecule has 3 saturated heterocycles. The number of aromatic amines is 1. The Kier molecular flexibility index (Phi) is 8.55. The molecule has 9 N–H and O–H groups in total. The van der Waals surface area contributed by atoms with Gasteiger partial charge in [0.15, 0.2) is 29.7 Å². The molecular formula is C24H27N9O14P2. The summed E-state index contributed by atoms with van der Waals surface area (Å²) >= 11 is 0. The van der Waals surface area contributed by atoms with E-state index in [2.05, 4.69) is 35.8 Å². The molecule has 3 unspecified atom stereocenters. The highest BCUT2D eigenvalue weighted by Crippen LogP contribution is 2.53. The van der Waals surface area contributed by atoms with Crippen molar-refractivity contribution in [3.63, 3.8) is 0 Å². The lowest BCUT2D eigenvalue weighted by molar-refractivity contribution is -0.0628. The second-order valence-electron chi connectivity index (χ2n) is 11.0. The van der Waals surface area contributed by atoms with Crippen molar-refractivity contribution < 1.29 is 61.4 Å². The third kappa shape index (κ3) is 6.23. The van der Waals surface area contributed by atoms with Crippen LogP contribution >= 0.6 is 15.6 Å². The molecular weight excluding hydrogens is 700 g/mol. The number of phosphoric acid groups is 2. The quantitative estimate of drug-likeness (QED) is 0.113. The van der Waals surface area contributed by atoms with E-state index in [4.69, 9.17) is 50.2 Å². The van der Waals surface area contributed by atoms with Crippen molar-refractivity contribution in [2.45, 2.75) is 54.9 Å². The molecule has 11 atom stereocenters. The number of nitrogens with one attached hydrogen (secondary N) is 1. The average Bonchev–Trinajstić information content (AvgIpc) is 3.79. The van der Waals surface area contributed by atoms with Crippen LogP contribution in [0.2, 0.25) is 0 Å². The van der Waals surface area contributed by atoms with Gasteiger partial charge in [0.05, 0.1) is 31.2 Å². The molecule has 262 valence electrons. The number of terminal acetylenes is 1. The van der Waals surface area contributed by atoms with Crippen LogP contribution in [0.15, 0.2) is 16.1 Å². The molecule has 4 aliphatic heterocycles. The monoisotopic (exact) mass is 727 g/mol. The summed E-state index contributed by atoms with van der Waals surface area (Å²) in [6, 6.07) is 0. The zero-order valence-electron chi connectivity index (χ0n) is 24.7. The first-order chi connectivity index (χ1) is 23.2. The number of aliphatic imine (C=N–C) groups is 1. The van der Waals surface area contributed by atoms with Crippen molar-refractivity contribution in [2.75, 3.05) is 31.3 Å². The molecule has 3 aromatic rings. The largest absolute Gasteiger partial charge is 0.472 e. The second-order valence-corrected chi connectivity index (χ2v) is 13.9. The number of nitrogens with zero attached hydrogens (tertiary/aromatic N) is 6. The zero-order valence-corrected chi connectivity index (χ0v) is 26.4. The van der Waals surface area contributed by atoms with Crippen molar-refractivity contribution in [1.29, 1.82) is 0 Å². The fraction of sp³-hybridized carbons (Fsp3) is 0.500. The third-order valence-electron chi connectivity index (χ3n) is 7.94. The van der Waals surface area contributed by atoms with Gasteiger partial charge in [-0.15, -0.1) is 6.42 Å². The number of nitrogen functional groups attached to an aromatic ring is 2. The smallest absolute Gasteiger partial charge is 0.463 e. The molecule has 0 radical (unpaired) electrons. The van der Waals surface area contributed by atoms with Crippen molar-refractivity contribution >= 4 is 50.6 Å². The van der Waals surface area contributed by atoms with E-state index in [0.717, 1.165) is 0 Å². The second kappa shape index (κ2) is 12.5. The van der Waals surface area contributed by atoms with Crippen molar-refractivity contribution in [2.24, 2.45) is 4.99 Å². The van der Waals surface area contributed by atoms with Gasteiger partial charge in [0.2, 0.25) is 17.8 Å². The van der Waals surface area contributed by atoms with E-state index in [0.29, 0.717) is 0 Å². The topological polar surface area (TPSA) is 333 Å². The fourth-order valence-electron chi connectivity index (χ4n) is 5.87. The first-order valence-corrected chi connectivity index (χ1v) is 17.2. The van der Waals surface area contributed by atoms with E-state index in [1.807, 2.05) is 0 Å². The van der Waals surface area contributed by atoms with Gasteiger partial charge in [0.25, 0.3) is 5.56 Å². The van der Waals surface area contributed by atoms with E-state index < -0.39 is 89.3 Å². The molecule has 0 amide bonds. The Morgan fingerprint density at radius 2 is 1.69 bits per heavy atom. The Balaban J connectivity index is 1.15. The Hall–Kier alpha value is -3.88. The number of rotatable bonds is 4. The van der Waals surface area contributed by atoms with Crippen LogP contribution in [-0.2, 0) is 36.7 Å². The summed E-state index contributed by atoms with van der Waals surface area (Å²) in [7, 11) is -10.2. The summed E-state index contributed by atoms with van der Waals surface area (Å²) in [4.78, 5) is 56.2. The Bertz CT molecular complexity index is 2020. The molecule has 0 aliphatic carbocycles. The highest BCUT2D eigenvalue weighted by molar-refractivity contribution is 7.47. The molecule has 49 heavy (non-hydrogen) atoms. The standard InChI is InChI=1S/C24H27N9O14P2/c1-2-3-41-21-13-19(30-24(26)32-21)33(7-28-13)22-15(35)18-10(45-22)6-43-48(37,38)46-17-9(5-42-49(39,40)47-18)44-16(14(17)34)8-4-27-12-11(8)29-23(25)31-20(12)36/h1,4,7-10,14-18,22,34-35H,3,5-6H2,(H,37,38)(H,39,40)(H2,26,30,32)(H3,25,29,31,36)/t8?,9-,10-,14+,15-,16+,17-,18-,22-/m1/s1. The van der Waals surface area contributed by atoms with Crippen molar-refractivity contribution in [3.05, 3.63) is 22.4 Å². The molecule has 7 heterocycles. The van der Waals surface area contributed by atoms with Crippen LogP contribution in [0.3, 0.4) is 0 Å². The average molecular weight is 727 g/mol. The van der Waals surface area contributed by atoms with Gasteiger partial charge in [0.1, 0.15) is 42.7 Å². The van der Waals surface area contributed by atoms with Crippen LogP contribution in [0.25, 0.3) is 11.2 Å². The van der Waals surface area contributed by atoms with Crippen LogP contribution in [-0.4, -0.2) is 118 Å². The first kappa shape index (κ1) is 33.6. The maximum atomic E-state index is 13.2. The predicted molar refractivity (Wildman–Crippen MR) is 160 cm³/mol. The lowest BCUT2D eigenvalue weighted by Gasteiger charge is -2.28. The minimum atomic E-state index is -5.09. The number of aliphatic hydroxyl groups excluding tert-OH is 2. The number of anilines is 2. The van der Waals surface area contributed by atoms with Crippen LogP contribution in [0.5, 0.6) is 5.88 Å². The summed E-state index contributed by atoms with van der Waals surface area (Å²) in [6.45, 7) is -1.86. The molecule has 4 aliphatic rings. The molecule has 23 nitrogen and oxygen atoms in total. The Morgan fingerprint density at radius 1 is 1.02 bits per heavy atom. The van der Waals surface area contributed by atoms with Gasteiger partial charge in [-0.3, -0.25) is 37.4 Å². The predicted octanol–water partition coefficient (Wildman–Crippen LogP) is -2.01. The normalized spacial score (nSPS) is 37.5. The molecule has 3 fully saturated rings. The molecule has 0 bridgehead atoms. The van der Waals surface area contributed by atoms with Crippen LogP contribution < -0.4 is 21.8 Å². The summed E-state index contributed by atoms with van der Waals surface area (Å²) in [5, 5.41) is 22.5. The number of ether oxygens (including phenoxy) is 3. The van der Waals surface area contributed by atoms with Crippen LogP contribution in [0.1, 0.15) is 17.8 Å². The number of aromatic nitrogens is 6. The summed E-state index contributed by atoms with van der Waals surface area (Å²) in [6.07, 6.45) is -4.94. The van der Waals surface area contributed by atoms with E-state index in [1.54, 1.807) is 0 Å². The lowest BCUT2D eigenvalue weighted by Crippen LogP contribution is -2.39. The van der Waals surface area contributed by atoms with E-state index in [9.17, 15) is 33.9 Å². The van der Waals surface area contributed by atoms with Gasteiger partial charge in [-0.2, -0.15) is 9.97 Å². The van der Waals surface area contributed by atoms with E-state index in [1.165, 1.54) is 17.1 Å². The number of hydrogen-bond acceptors (Lipinski definition) is 19. The van der Waals surface area contributed by atoms with Gasteiger partial charge >= 0.3 is 15.6 Å². The highest BCUT2D eigenvalue weighted by Gasteiger charge is 2.55. The summed E-state index contributed by atoms with van der Waals surface area (Å²) in [5.41, 5.74) is 10.9. The zero-order chi connectivity index (χ0) is 34.8. The first-order valence-electron chi connectivity index (χ1n) is 14.2. The highest BCUT2D eigenvalue weighted by atomic mass is 31.2. The van der Waals surface area contributed by atoms with Crippen LogP contribution in [0, 0.1) is 12.3 Å². The number of phosphoric ester groups is 2. The van der Waals surface area contributed by atoms with E-state index >= 15 is 0 Å². The van der Waals surface area contributed by atoms with E-state index in [-0.39, 0.29) is 46.9 Å². The van der Waals surface area contributed by atoms with Gasteiger partial charge < -0.3 is 45.7 Å². The van der Waals surface area contributed by atoms with Crippen molar-refractivity contribution in [1.82, 2.24) is 29.5 Å². The molecule has 3 aromatic heterocycles. The molecule has 7 rings (SSSR count). The minimum absolute atomic E-state index is 0.00680. The number of fused-ring (bicyclic) bond motifs is 4. The molecule has 0 aromatic carbocycles. The molecule has 0 saturated carbocycles. The van der Waals surface area contributed by atoms with Gasteiger partial charge in [-0.1, -0.05) is 5.92 Å². The number of nitrogens with two attached hydrogens (primary N) is 2. The Labute approximate surface area is 273 Å². The lowest BCUT2D eigenvalue weighted by atomic mass is 9.95.